The van der Waals surface area contributed by atoms with Gasteiger partial charge < -0.3 is 9.47 Å². The highest BCUT2D eigenvalue weighted by Gasteiger charge is 2.24. The number of likely N-dealkylation sites (tertiary alicyclic amines) is 1. The number of hydrogen-bond donors (Lipinski definition) is 0. The summed E-state index contributed by atoms with van der Waals surface area (Å²) >= 11 is 3.15. The van der Waals surface area contributed by atoms with Crippen molar-refractivity contribution in [3.8, 4) is 10.7 Å². The van der Waals surface area contributed by atoms with Crippen molar-refractivity contribution in [1.29, 1.82) is 0 Å². The summed E-state index contributed by atoms with van der Waals surface area (Å²) in [5.74, 6) is 1.54. The molecule has 7 heteroatoms. The Bertz CT molecular complexity index is 653. The number of thioether (sulfide) groups is 1. The van der Waals surface area contributed by atoms with Crippen molar-refractivity contribution in [3.05, 3.63) is 17.5 Å². The number of rotatable bonds is 5. The number of amides is 1. The molecule has 3 heterocycles. The van der Waals surface area contributed by atoms with Gasteiger partial charge in [0.15, 0.2) is 11.0 Å². The molecule has 1 unspecified atom stereocenters. The maximum absolute atomic E-state index is 12.5. The molecule has 1 saturated heterocycles. The largest absolute Gasteiger partial charge is 0.339 e. The van der Waals surface area contributed by atoms with Gasteiger partial charge >= 0.3 is 0 Å². The molecule has 1 amide bonds. The van der Waals surface area contributed by atoms with Gasteiger partial charge in [-0.25, -0.2) is 0 Å². The first-order valence-corrected chi connectivity index (χ1v) is 9.96. The van der Waals surface area contributed by atoms with Crippen LogP contribution in [0.2, 0.25) is 0 Å². The van der Waals surface area contributed by atoms with Crippen LogP contribution in [-0.2, 0) is 11.3 Å². The molecule has 1 aliphatic rings. The summed E-state index contributed by atoms with van der Waals surface area (Å²) in [6, 6.07) is 4.43. The molecule has 124 valence electrons. The third-order valence-corrected chi connectivity index (χ3v) is 6.04. The Morgan fingerprint density at radius 1 is 1.43 bits per heavy atom. The van der Waals surface area contributed by atoms with Crippen molar-refractivity contribution >= 4 is 29.0 Å². The number of nitrogens with zero attached hydrogens (tertiary/aromatic N) is 4. The smallest absolute Gasteiger partial charge is 0.233 e. The van der Waals surface area contributed by atoms with Gasteiger partial charge in [0.1, 0.15) is 0 Å². The number of aromatic nitrogens is 3. The molecule has 2 aromatic heterocycles. The first-order chi connectivity index (χ1) is 11.2. The Labute approximate surface area is 145 Å². The van der Waals surface area contributed by atoms with Gasteiger partial charge in [-0.3, -0.25) is 4.79 Å². The molecule has 0 saturated carbocycles. The molecule has 2 aromatic rings. The molecule has 0 aromatic carbocycles. The maximum Gasteiger partial charge on any atom is 0.233 e. The van der Waals surface area contributed by atoms with E-state index < -0.39 is 0 Å². The normalized spacial score (nSPS) is 18.3. The quantitative estimate of drug-likeness (QED) is 0.774. The maximum atomic E-state index is 12.5. The summed E-state index contributed by atoms with van der Waals surface area (Å²) < 4.78 is 2.09. The van der Waals surface area contributed by atoms with Gasteiger partial charge in [-0.1, -0.05) is 17.8 Å². The van der Waals surface area contributed by atoms with Crippen LogP contribution in [0.25, 0.3) is 10.7 Å². The van der Waals surface area contributed by atoms with Crippen LogP contribution >= 0.6 is 23.1 Å². The number of carbonyl (C=O) groups excluding carboxylic acids is 1. The predicted octanol–water partition coefficient (Wildman–Crippen LogP) is 3.52. The van der Waals surface area contributed by atoms with Gasteiger partial charge in [0.05, 0.1) is 10.6 Å². The minimum atomic E-state index is 0.213. The first kappa shape index (κ1) is 16.5. The number of thiophene rings is 1. The number of hydrogen-bond acceptors (Lipinski definition) is 5. The molecular formula is C16H22N4OS2. The Balaban J connectivity index is 1.67. The molecule has 5 nitrogen and oxygen atoms in total. The molecule has 0 spiro atoms. The van der Waals surface area contributed by atoms with Crippen LogP contribution in [0.15, 0.2) is 22.7 Å². The molecule has 3 rings (SSSR count). The van der Waals surface area contributed by atoms with Gasteiger partial charge in [0, 0.05) is 19.1 Å². The molecule has 0 bridgehead atoms. The third-order valence-electron chi connectivity index (χ3n) is 4.22. The second-order valence-electron chi connectivity index (χ2n) is 5.75. The summed E-state index contributed by atoms with van der Waals surface area (Å²) in [5, 5.41) is 11.5. The summed E-state index contributed by atoms with van der Waals surface area (Å²) in [7, 11) is 0. The van der Waals surface area contributed by atoms with E-state index in [1.54, 1.807) is 11.3 Å². The van der Waals surface area contributed by atoms with Crippen LogP contribution in [0.5, 0.6) is 0 Å². The van der Waals surface area contributed by atoms with Crippen LogP contribution in [-0.4, -0.2) is 43.9 Å². The molecule has 0 N–H and O–H groups in total. The zero-order chi connectivity index (χ0) is 16.2. The fraction of sp³-hybridized carbons (Fsp3) is 0.562. The Hall–Kier alpha value is -1.34. The van der Waals surface area contributed by atoms with Crippen molar-refractivity contribution in [3.63, 3.8) is 0 Å². The lowest BCUT2D eigenvalue weighted by Crippen LogP contribution is -2.43. The predicted molar refractivity (Wildman–Crippen MR) is 94.8 cm³/mol. The Morgan fingerprint density at radius 3 is 3.00 bits per heavy atom. The van der Waals surface area contributed by atoms with Gasteiger partial charge in [-0.2, -0.15) is 0 Å². The highest BCUT2D eigenvalue weighted by molar-refractivity contribution is 7.99. The monoisotopic (exact) mass is 350 g/mol. The van der Waals surface area contributed by atoms with Gasteiger partial charge in [0.2, 0.25) is 5.91 Å². The highest BCUT2D eigenvalue weighted by Crippen LogP contribution is 2.27. The highest BCUT2D eigenvalue weighted by atomic mass is 32.2. The van der Waals surface area contributed by atoms with Crippen molar-refractivity contribution in [2.75, 3.05) is 12.3 Å². The summed E-state index contributed by atoms with van der Waals surface area (Å²) in [6.45, 7) is 5.92. The zero-order valence-electron chi connectivity index (χ0n) is 13.6. The fourth-order valence-corrected chi connectivity index (χ4v) is 4.55. The molecule has 23 heavy (non-hydrogen) atoms. The van der Waals surface area contributed by atoms with Gasteiger partial charge in [0.25, 0.3) is 0 Å². The molecule has 1 fully saturated rings. The lowest BCUT2D eigenvalue weighted by Gasteiger charge is -2.33. The summed E-state index contributed by atoms with van der Waals surface area (Å²) in [4.78, 5) is 15.6. The first-order valence-electron chi connectivity index (χ1n) is 8.10. The van der Waals surface area contributed by atoms with E-state index in [1.165, 1.54) is 18.2 Å². The topological polar surface area (TPSA) is 51.0 Å². The third kappa shape index (κ3) is 3.61. The van der Waals surface area contributed by atoms with Crippen molar-refractivity contribution in [2.24, 2.45) is 0 Å². The lowest BCUT2D eigenvalue weighted by molar-refractivity contribution is -0.131. The molecular weight excluding hydrogens is 328 g/mol. The van der Waals surface area contributed by atoms with E-state index in [0.29, 0.717) is 11.8 Å². The lowest BCUT2D eigenvalue weighted by atomic mass is 10.0. The second kappa shape index (κ2) is 7.49. The molecule has 1 aliphatic heterocycles. The van der Waals surface area contributed by atoms with Crippen molar-refractivity contribution in [2.45, 2.75) is 50.9 Å². The minimum absolute atomic E-state index is 0.213. The van der Waals surface area contributed by atoms with E-state index in [0.717, 1.165) is 41.8 Å². The summed E-state index contributed by atoms with van der Waals surface area (Å²) in [5.41, 5.74) is 0. The van der Waals surface area contributed by atoms with Crippen LogP contribution < -0.4 is 0 Å². The van der Waals surface area contributed by atoms with Crippen LogP contribution in [0.1, 0.15) is 33.1 Å². The van der Waals surface area contributed by atoms with Crippen molar-refractivity contribution in [1.82, 2.24) is 19.7 Å². The summed E-state index contributed by atoms with van der Waals surface area (Å²) in [6.07, 6.45) is 3.46. The van der Waals surface area contributed by atoms with E-state index in [2.05, 4.69) is 34.7 Å². The van der Waals surface area contributed by atoms with Gasteiger partial charge in [-0.05, 0) is 44.6 Å². The Morgan fingerprint density at radius 2 is 2.30 bits per heavy atom. The van der Waals surface area contributed by atoms with E-state index in [1.807, 2.05) is 16.3 Å². The van der Waals surface area contributed by atoms with E-state index in [9.17, 15) is 4.79 Å². The molecule has 0 radical (unpaired) electrons. The zero-order valence-corrected chi connectivity index (χ0v) is 15.2. The van der Waals surface area contributed by atoms with Crippen LogP contribution in [0.4, 0.5) is 0 Å². The number of piperidine rings is 1. The van der Waals surface area contributed by atoms with Crippen LogP contribution in [0, 0.1) is 0 Å². The molecule has 0 aliphatic carbocycles. The van der Waals surface area contributed by atoms with E-state index >= 15 is 0 Å². The second-order valence-corrected chi connectivity index (χ2v) is 7.64. The standard InChI is InChI=1S/C16H22N4OS2/c1-3-19-15(13-8-6-10-22-13)17-18-16(19)23-11-14(21)20-9-5-4-7-12(20)2/h6,8,10,12H,3-5,7,9,11H2,1-2H3. The van der Waals surface area contributed by atoms with Gasteiger partial charge in [-0.15, -0.1) is 21.5 Å². The van der Waals surface area contributed by atoms with Crippen molar-refractivity contribution < 1.29 is 4.79 Å². The number of carbonyl (C=O) groups is 1. The van der Waals surface area contributed by atoms with E-state index in [4.69, 9.17) is 0 Å². The molecule has 1 atom stereocenters. The minimum Gasteiger partial charge on any atom is -0.339 e. The Kier molecular flexibility index (Phi) is 5.38. The van der Waals surface area contributed by atoms with E-state index in [-0.39, 0.29) is 5.91 Å². The average Bonchev–Trinajstić information content (AvgIpc) is 3.21. The fourth-order valence-electron chi connectivity index (χ4n) is 2.95. The van der Waals surface area contributed by atoms with Crippen LogP contribution in [0.3, 0.4) is 0 Å². The SMILES string of the molecule is CCn1c(SCC(=O)N2CCCCC2C)nnc1-c1cccs1. The average molecular weight is 351 g/mol.